The molecule has 0 aliphatic rings. The van der Waals surface area contributed by atoms with Gasteiger partial charge in [0.05, 0.1) is 0 Å². The number of aldehydes is 1. The Labute approximate surface area is 118 Å². The first-order valence-corrected chi connectivity index (χ1v) is 6.91. The molecule has 0 heterocycles. The van der Waals surface area contributed by atoms with E-state index in [9.17, 15) is 4.79 Å². The van der Waals surface area contributed by atoms with Crippen molar-refractivity contribution >= 4 is 6.29 Å². The van der Waals surface area contributed by atoms with Crippen LogP contribution in [0.25, 0.3) is 0 Å². The third-order valence-electron chi connectivity index (χ3n) is 2.68. The van der Waals surface area contributed by atoms with Gasteiger partial charge in [-0.05, 0) is 39.2 Å². The highest BCUT2D eigenvalue weighted by atomic mass is 16.1. The molecule has 0 aliphatic carbocycles. The summed E-state index contributed by atoms with van der Waals surface area (Å²) in [7, 11) is 0. The molecule has 0 unspecified atom stereocenters. The van der Waals surface area contributed by atoms with Crippen LogP contribution in [-0.2, 0) is 4.79 Å². The number of hydrogen-bond donors (Lipinski definition) is 0. The van der Waals surface area contributed by atoms with Crippen molar-refractivity contribution in [2.75, 3.05) is 0 Å². The quantitative estimate of drug-likeness (QED) is 0.400. The van der Waals surface area contributed by atoms with E-state index in [1.165, 1.54) is 24.0 Å². The van der Waals surface area contributed by atoms with E-state index in [0.717, 1.165) is 18.3 Å². The van der Waals surface area contributed by atoms with Crippen LogP contribution < -0.4 is 0 Å². The Bertz CT molecular complexity index is 399. The maximum atomic E-state index is 10.2. The van der Waals surface area contributed by atoms with Gasteiger partial charge in [0.25, 0.3) is 0 Å². The number of carbonyl (C=O) groups is 1. The lowest BCUT2D eigenvalue weighted by Crippen LogP contribution is -1.78. The average molecular weight is 258 g/mol. The van der Waals surface area contributed by atoms with E-state index >= 15 is 0 Å². The van der Waals surface area contributed by atoms with Crippen LogP contribution in [0.1, 0.15) is 45.6 Å². The summed E-state index contributed by atoms with van der Waals surface area (Å²) in [5.41, 5.74) is 3.45. The van der Waals surface area contributed by atoms with Crippen LogP contribution in [0.5, 0.6) is 0 Å². The second-order valence-electron chi connectivity index (χ2n) is 4.80. The van der Waals surface area contributed by atoms with Crippen molar-refractivity contribution in [3.63, 3.8) is 0 Å². The Balaban J connectivity index is 0.000000388. The molecule has 0 radical (unpaired) electrons. The maximum absolute atomic E-state index is 10.2. The van der Waals surface area contributed by atoms with Crippen molar-refractivity contribution in [3.05, 3.63) is 59.2 Å². The minimum absolute atomic E-state index is 0.783. The van der Waals surface area contributed by atoms with Crippen LogP contribution in [0.15, 0.2) is 53.6 Å². The SMILES string of the molecule is CCCC/C(C)=C/C=C(\C)C=O.Cc1ccccc1. The predicted octanol–water partition coefficient (Wildman–Crippen LogP) is 5.26. The van der Waals surface area contributed by atoms with Gasteiger partial charge in [0.2, 0.25) is 0 Å². The van der Waals surface area contributed by atoms with Gasteiger partial charge >= 0.3 is 0 Å². The summed E-state index contributed by atoms with van der Waals surface area (Å²) in [5.74, 6) is 0. The topological polar surface area (TPSA) is 17.1 Å². The molecule has 0 bridgehead atoms. The lowest BCUT2D eigenvalue weighted by molar-refractivity contribution is -0.104. The number of hydrogen-bond acceptors (Lipinski definition) is 1. The Kier molecular flexibility index (Phi) is 10.5. The number of benzene rings is 1. The molecule has 1 aromatic carbocycles. The highest BCUT2D eigenvalue weighted by molar-refractivity contribution is 5.72. The van der Waals surface area contributed by atoms with Crippen LogP contribution >= 0.6 is 0 Å². The zero-order valence-corrected chi connectivity index (χ0v) is 12.6. The Morgan fingerprint density at radius 1 is 1.11 bits per heavy atom. The van der Waals surface area contributed by atoms with Crippen molar-refractivity contribution < 1.29 is 4.79 Å². The lowest BCUT2D eigenvalue weighted by atomic mass is 10.1. The van der Waals surface area contributed by atoms with Crippen molar-refractivity contribution in [2.45, 2.75) is 47.0 Å². The molecule has 1 aromatic rings. The molecule has 0 N–H and O–H groups in total. The molecule has 104 valence electrons. The zero-order valence-electron chi connectivity index (χ0n) is 12.6. The molecule has 0 amide bonds. The molecular weight excluding hydrogens is 232 g/mol. The summed E-state index contributed by atoms with van der Waals surface area (Å²) in [4.78, 5) is 10.2. The Hall–Kier alpha value is -1.63. The maximum Gasteiger partial charge on any atom is 0.145 e. The van der Waals surface area contributed by atoms with E-state index in [1.54, 1.807) is 0 Å². The zero-order chi connectivity index (χ0) is 14.5. The Morgan fingerprint density at radius 3 is 2.16 bits per heavy atom. The van der Waals surface area contributed by atoms with Crippen LogP contribution in [0.4, 0.5) is 0 Å². The van der Waals surface area contributed by atoms with Crippen LogP contribution in [0.2, 0.25) is 0 Å². The van der Waals surface area contributed by atoms with E-state index < -0.39 is 0 Å². The van der Waals surface area contributed by atoms with E-state index in [-0.39, 0.29) is 0 Å². The first-order valence-electron chi connectivity index (χ1n) is 6.91. The third kappa shape index (κ3) is 11.2. The van der Waals surface area contributed by atoms with Crippen LogP contribution in [0.3, 0.4) is 0 Å². The molecule has 0 aromatic heterocycles. The van der Waals surface area contributed by atoms with Crippen molar-refractivity contribution in [3.8, 4) is 0 Å². The standard InChI is InChI=1S/C11H18O.C7H8/c1-4-5-6-10(2)7-8-11(3)9-12;1-7-5-3-2-4-6-7/h7-9H,4-6H2,1-3H3;2-6H,1H3/b10-7+,11-8+;. The van der Waals surface area contributed by atoms with Crippen molar-refractivity contribution in [2.24, 2.45) is 0 Å². The van der Waals surface area contributed by atoms with Gasteiger partial charge in [-0.3, -0.25) is 4.79 Å². The van der Waals surface area contributed by atoms with Gasteiger partial charge in [0, 0.05) is 0 Å². The van der Waals surface area contributed by atoms with E-state index in [2.05, 4.69) is 32.9 Å². The first-order chi connectivity index (χ1) is 9.10. The average Bonchev–Trinajstić information content (AvgIpc) is 2.44. The minimum atomic E-state index is 0.783. The first kappa shape index (κ1) is 17.4. The minimum Gasteiger partial charge on any atom is -0.298 e. The molecule has 1 heteroatoms. The van der Waals surface area contributed by atoms with Gasteiger partial charge in [0.15, 0.2) is 0 Å². The summed E-state index contributed by atoms with van der Waals surface area (Å²) in [6, 6.07) is 10.3. The fourth-order valence-corrected chi connectivity index (χ4v) is 1.39. The number of allylic oxidation sites excluding steroid dienone is 4. The highest BCUT2D eigenvalue weighted by Crippen LogP contribution is 2.06. The second kappa shape index (κ2) is 11.5. The van der Waals surface area contributed by atoms with Gasteiger partial charge in [-0.25, -0.2) is 0 Å². The summed E-state index contributed by atoms with van der Waals surface area (Å²) >= 11 is 0. The monoisotopic (exact) mass is 258 g/mol. The smallest absolute Gasteiger partial charge is 0.145 e. The number of carbonyl (C=O) groups excluding carboxylic acids is 1. The van der Waals surface area contributed by atoms with Gasteiger partial charge in [-0.15, -0.1) is 0 Å². The summed E-state index contributed by atoms with van der Waals surface area (Å²) in [6.45, 7) is 8.18. The summed E-state index contributed by atoms with van der Waals surface area (Å²) in [6.07, 6.45) is 8.37. The van der Waals surface area contributed by atoms with Gasteiger partial charge in [-0.2, -0.15) is 0 Å². The molecule has 1 rings (SSSR count). The van der Waals surface area contributed by atoms with E-state index in [1.807, 2.05) is 37.3 Å². The predicted molar refractivity (Wildman–Crippen MR) is 84.3 cm³/mol. The molecule has 19 heavy (non-hydrogen) atoms. The van der Waals surface area contributed by atoms with Crippen LogP contribution in [0, 0.1) is 6.92 Å². The second-order valence-corrected chi connectivity index (χ2v) is 4.80. The van der Waals surface area contributed by atoms with Crippen molar-refractivity contribution in [1.29, 1.82) is 0 Å². The summed E-state index contributed by atoms with van der Waals surface area (Å²) in [5, 5.41) is 0. The molecule has 0 atom stereocenters. The molecule has 0 saturated heterocycles. The van der Waals surface area contributed by atoms with E-state index in [0.29, 0.717) is 0 Å². The largest absolute Gasteiger partial charge is 0.298 e. The fourth-order valence-electron chi connectivity index (χ4n) is 1.39. The number of unbranched alkanes of at least 4 members (excludes halogenated alkanes) is 1. The number of aryl methyl sites for hydroxylation is 1. The van der Waals surface area contributed by atoms with Gasteiger partial charge < -0.3 is 0 Å². The molecule has 0 fully saturated rings. The molecule has 0 saturated carbocycles. The highest BCUT2D eigenvalue weighted by Gasteiger charge is 1.87. The van der Waals surface area contributed by atoms with E-state index in [4.69, 9.17) is 0 Å². The third-order valence-corrected chi connectivity index (χ3v) is 2.68. The fraction of sp³-hybridized carbons (Fsp3) is 0.389. The van der Waals surface area contributed by atoms with Crippen LogP contribution in [-0.4, -0.2) is 6.29 Å². The van der Waals surface area contributed by atoms with Crippen molar-refractivity contribution in [1.82, 2.24) is 0 Å². The molecular formula is C18H26O. The van der Waals surface area contributed by atoms with Gasteiger partial charge in [-0.1, -0.05) is 67.0 Å². The molecule has 0 spiro atoms. The normalized spacial score (nSPS) is 11.6. The Morgan fingerprint density at radius 2 is 1.74 bits per heavy atom. The molecule has 1 nitrogen and oxygen atoms in total. The summed E-state index contributed by atoms with van der Waals surface area (Å²) < 4.78 is 0. The molecule has 0 aliphatic heterocycles. The lowest BCUT2D eigenvalue weighted by Gasteiger charge is -1.96. The van der Waals surface area contributed by atoms with Gasteiger partial charge in [0.1, 0.15) is 6.29 Å². The number of rotatable bonds is 5.